The number of rotatable bonds is 5. The van der Waals surface area contributed by atoms with E-state index in [1.807, 2.05) is 54.6 Å². The van der Waals surface area contributed by atoms with E-state index < -0.39 is 0 Å². The predicted octanol–water partition coefficient (Wildman–Crippen LogP) is 5.16. The van der Waals surface area contributed by atoms with Crippen molar-refractivity contribution in [2.45, 2.75) is 6.61 Å². The molecular formula is C20H16FNO. The highest BCUT2D eigenvalue weighted by molar-refractivity contribution is 5.82. The van der Waals surface area contributed by atoms with Crippen molar-refractivity contribution in [2.24, 2.45) is 4.99 Å². The van der Waals surface area contributed by atoms with E-state index in [1.165, 1.54) is 6.07 Å². The Labute approximate surface area is 134 Å². The lowest BCUT2D eigenvalue weighted by Gasteiger charge is -2.07. The van der Waals surface area contributed by atoms with E-state index in [2.05, 4.69) is 4.99 Å². The highest BCUT2D eigenvalue weighted by Gasteiger charge is 2.01. The summed E-state index contributed by atoms with van der Waals surface area (Å²) in [5.74, 6) is 0.448. The first-order valence-electron chi connectivity index (χ1n) is 7.37. The van der Waals surface area contributed by atoms with Gasteiger partial charge in [-0.1, -0.05) is 36.4 Å². The number of hydrogen-bond donors (Lipinski definition) is 0. The summed E-state index contributed by atoms with van der Waals surface area (Å²) in [6.45, 7) is 0.212. The monoisotopic (exact) mass is 305 g/mol. The van der Waals surface area contributed by atoms with Crippen molar-refractivity contribution in [3.63, 3.8) is 0 Å². The maximum atomic E-state index is 13.5. The van der Waals surface area contributed by atoms with Gasteiger partial charge in [0.05, 0.1) is 5.69 Å². The van der Waals surface area contributed by atoms with E-state index >= 15 is 0 Å². The first-order chi connectivity index (χ1) is 11.3. The smallest absolute Gasteiger partial charge is 0.129 e. The van der Waals surface area contributed by atoms with Crippen molar-refractivity contribution in [3.05, 3.63) is 95.8 Å². The normalized spacial score (nSPS) is 10.8. The van der Waals surface area contributed by atoms with E-state index in [-0.39, 0.29) is 12.4 Å². The Morgan fingerprint density at radius 3 is 2.26 bits per heavy atom. The fourth-order valence-electron chi connectivity index (χ4n) is 2.09. The fourth-order valence-corrected chi connectivity index (χ4v) is 2.09. The summed E-state index contributed by atoms with van der Waals surface area (Å²) in [6, 6.07) is 23.9. The Bertz CT molecular complexity index is 782. The second-order valence-electron chi connectivity index (χ2n) is 5.04. The molecule has 0 radical (unpaired) electrons. The van der Waals surface area contributed by atoms with Gasteiger partial charge in [0.2, 0.25) is 0 Å². The summed E-state index contributed by atoms with van der Waals surface area (Å²) in [4.78, 5) is 4.40. The molecule has 0 N–H and O–H groups in total. The summed E-state index contributed by atoms with van der Waals surface area (Å²) in [5.41, 5.74) is 2.43. The number of aliphatic imine (C=N–C) groups is 1. The zero-order valence-electron chi connectivity index (χ0n) is 12.5. The van der Waals surface area contributed by atoms with Gasteiger partial charge in [-0.25, -0.2) is 4.39 Å². The molecule has 23 heavy (non-hydrogen) atoms. The molecule has 0 heterocycles. The molecule has 0 atom stereocenters. The Balaban J connectivity index is 1.61. The number of halogens is 1. The van der Waals surface area contributed by atoms with E-state index in [1.54, 1.807) is 24.4 Å². The number of nitrogens with zero attached hydrogens (tertiary/aromatic N) is 1. The molecule has 114 valence electrons. The molecule has 3 heteroatoms. The summed E-state index contributed by atoms with van der Waals surface area (Å²) >= 11 is 0. The van der Waals surface area contributed by atoms with Crippen LogP contribution in [0.5, 0.6) is 5.75 Å². The van der Waals surface area contributed by atoms with Crippen molar-refractivity contribution in [1.82, 2.24) is 0 Å². The van der Waals surface area contributed by atoms with Crippen LogP contribution in [0.1, 0.15) is 11.1 Å². The molecule has 0 amide bonds. The van der Waals surface area contributed by atoms with Gasteiger partial charge in [-0.15, -0.1) is 0 Å². The summed E-state index contributed by atoms with van der Waals surface area (Å²) < 4.78 is 19.1. The standard InChI is InChI=1S/C20H16FNO/c21-20-9-5-4-6-17(20)15-23-19-12-10-16(11-13-19)14-22-18-7-2-1-3-8-18/h1-14H,15H2. The Kier molecular flexibility index (Phi) is 4.79. The number of para-hydroxylation sites is 1. The highest BCUT2D eigenvalue weighted by Crippen LogP contribution is 2.16. The third kappa shape index (κ3) is 4.27. The molecule has 0 aromatic heterocycles. The summed E-state index contributed by atoms with van der Waals surface area (Å²) in [5, 5.41) is 0. The Hall–Kier alpha value is -2.94. The molecule has 0 saturated carbocycles. The lowest BCUT2D eigenvalue weighted by Crippen LogP contribution is -1.98. The number of ether oxygens (including phenoxy) is 1. The molecule has 0 spiro atoms. The predicted molar refractivity (Wildman–Crippen MR) is 90.9 cm³/mol. The van der Waals surface area contributed by atoms with E-state index in [0.29, 0.717) is 11.3 Å². The van der Waals surface area contributed by atoms with Gasteiger partial charge in [0, 0.05) is 11.8 Å². The maximum absolute atomic E-state index is 13.5. The van der Waals surface area contributed by atoms with Crippen LogP contribution in [0.15, 0.2) is 83.9 Å². The van der Waals surface area contributed by atoms with E-state index in [0.717, 1.165) is 11.3 Å². The van der Waals surface area contributed by atoms with Gasteiger partial charge in [0.25, 0.3) is 0 Å². The molecule has 0 fully saturated rings. The minimum Gasteiger partial charge on any atom is -0.489 e. The SMILES string of the molecule is Fc1ccccc1COc1ccc(C=Nc2ccccc2)cc1. The lowest BCUT2D eigenvalue weighted by molar-refractivity contribution is 0.300. The summed E-state index contributed by atoms with van der Waals surface area (Å²) in [7, 11) is 0. The second kappa shape index (κ2) is 7.36. The van der Waals surface area contributed by atoms with Crippen LogP contribution >= 0.6 is 0 Å². The largest absolute Gasteiger partial charge is 0.489 e. The van der Waals surface area contributed by atoms with Crippen LogP contribution in [0.25, 0.3) is 0 Å². The van der Waals surface area contributed by atoms with Crippen LogP contribution in [-0.2, 0) is 6.61 Å². The summed E-state index contributed by atoms with van der Waals surface area (Å²) in [6.07, 6.45) is 1.80. The van der Waals surface area contributed by atoms with Gasteiger partial charge in [0.15, 0.2) is 0 Å². The Morgan fingerprint density at radius 2 is 1.52 bits per heavy atom. The van der Waals surface area contributed by atoms with Crippen LogP contribution in [0.4, 0.5) is 10.1 Å². The van der Waals surface area contributed by atoms with Crippen LogP contribution in [-0.4, -0.2) is 6.21 Å². The fraction of sp³-hybridized carbons (Fsp3) is 0.0500. The van der Waals surface area contributed by atoms with Crippen molar-refractivity contribution in [2.75, 3.05) is 0 Å². The van der Waals surface area contributed by atoms with Gasteiger partial charge in [-0.2, -0.15) is 0 Å². The first kappa shape index (κ1) is 15.0. The van der Waals surface area contributed by atoms with Gasteiger partial charge in [-0.3, -0.25) is 4.99 Å². The number of benzene rings is 3. The van der Waals surface area contributed by atoms with Gasteiger partial charge >= 0.3 is 0 Å². The molecule has 3 aromatic rings. The van der Waals surface area contributed by atoms with Gasteiger partial charge < -0.3 is 4.74 Å². The number of hydrogen-bond acceptors (Lipinski definition) is 2. The molecular weight excluding hydrogens is 289 g/mol. The maximum Gasteiger partial charge on any atom is 0.129 e. The molecule has 0 bridgehead atoms. The van der Waals surface area contributed by atoms with Crippen LogP contribution in [0.2, 0.25) is 0 Å². The molecule has 0 saturated heterocycles. The minimum absolute atomic E-state index is 0.212. The molecule has 0 unspecified atom stereocenters. The van der Waals surface area contributed by atoms with Gasteiger partial charge in [-0.05, 0) is 48.0 Å². The minimum atomic E-state index is -0.251. The van der Waals surface area contributed by atoms with E-state index in [9.17, 15) is 4.39 Å². The molecule has 0 aliphatic carbocycles. The van der Waals surface area contributed by atoms with Crippen molar-refractivity contribution in [3.8, 4) is 5.75 Å². The molecule has 3 aromatic carbocycles. The Morgan fingerprint density at radius 1 is 0.826 bits per heavy atom. The van der Waals surface area contributed by atoms with Crippen LogP contribution in [0.3, 0.4) is 0 Å². The lowest BCUT2D eigenvalue weighted by atomic mass is 10.2. The van der Waals surface area contributed by atoms with Crippen molar-refractivity contribution >= 4 is 11.9 Å². The molecule has 0 aliphatic rings. The zero-order valence-corrected chi connectivity index (χ0v) is 12.5. The van der Waals surface area contributed by atoms with Crippen molar-refractivity contribution in [1.29, 1.82) is 0 Å². The molecule has 3 rings (SSSR count). The van der Waals surface area contributed by atoms with E-state index in [4.69, 9.17) is 4.74 Å². The van der Waals surface area contributed by atoms with Gasteiger partial charge in [0.1, 0.15) is 18.2 Å². The second-order valence-corrected chi connectivity index (χ2v) is 5.04. The molecule has 0 aliphatic heterocycles. The topological polar surface area (TPSA) is 21.6 Å². The average Bonchev–Trinajstić information content (AvgIpc) is 2.61. The molecule has 2 nitrogen and oxygen atoms in total. The zero-order chi connectivity index (χ0) is 15.9. The average molecular weight is 305 g/mol. The van der Waals surface area contributed by atoms with Crippen LogP contribution in [0, 0.1) is 5.82 Å². The quantitative estimate of drug-likeness (QED) is 0.597. The highest BCUT2D eigenvalue weighted by atomic mass is 19.1. The third-order valence-electron chi connectivity index (χ3n) is 3.35. The first-order valence-corrected chi connectivity index (χ1v) is 7.37. The van der Waals surface area contributed by atoms with Crippen LogP contribution < -0.4 is 4.74 Å². The van der Waals surface area contributed by atoms with Crippen molar-refractivity contribution < 1.29 is 9.13 Å². The third-order valence-corrected chi connectivity index (χ3v) is 3.35.